The minimum Gasteiger partial charge on any atom is -0.507 e. The smallest absolute Gasteiger partial charge is 0.342 e. The maximum absolute atomic E-state index is 12.6. The van der Waals surface area contributed by atoms with Crippen LogP contribution in [0.3, 0.4) is 0 Å². The van der Waals surface area contributed by atoms with Gasteiger partial charge < -0.3 is 14.6 Å². The Morgan fingerprint density at radius 1 is 0.903 bits per heavy atom. The summed E-state index contributed by atoms with van der Waals surface area (Å²) in [4.78, 5) is 12.6. The summed E-state index contributed by atoms with van der Waals surface area (Å²) in [5.74, 6) is 0.150. The van der Waals surface area contributed by atoms with Crippen molar-refractivity contribution in [2.75, 3.05) is 14.2 Å². The van der Waals surface area contributed by atoms with Gasteiger partial charge >= 0.3 is 5.97 Å². The van der Waals surface area contributed by atoms with E-state index in [1.54, 1.807) is 7.11 Å². The number of hydrogen-bond donors (Lipinski definition) is 1. The standard InChI is InChI=1S/C27H38O4/c1-5-6-7-8-9-10-11-12-13-16-21-20(2)19-23(25(26(21)28)27(29)31-4)22-17-14-15-18-24(22)30-3/h14-15,17-19,28H,5-13,16H2,1-4H3. The van der Waals surface area contributed by atoms with Crippen LogP contribution >= 0.6 is 0 Å². The van der Waals surface area contributed by atoms with Gasteiger partial charge in [-0.3, -0.25) is 0 Å². The maximum Gasteiger partial charge on any atom is 0.342 e. The molecule has 4 nitrogen and oxygen atoms in total. The Bertz CT molecular complexity index is 841. The molecule has 0 aliphatic rings. The van der Waals surface area contributed by atoms with Crippen LogP contribution in [0.4, 0.5) is 0 Å². The molecule has 0 radical (unpaired) electrons. The molecule has 2 rings (SSSR count). The Morgan fingerprint density at radius 2 is 1.52 bits per heavy atom. The van der Waals surface area contributed by atoms with Crippen molar-refractivity contribution in [1.29, 1.82) is 0 Å². The van der Waals surface area contributed by atoms with Crippen molar-refractivity contribution in [3.05, 3.63) is 47.0 Å². The van der Waals surface area contributed by atoms with Crippen LogP contribution < -0.4 is 4.74 Å². The average molecular weight is 427 g/mol. The number of methoxy groups -OCH3 is 2. The molecule has 0 spiro atoms. The van der Waals surface area contributed by atoms with Crippen LogP contribution in [0.15, 0.2) is 30.3 Å². The largest absolute Gasteiger partial charge is 0.507 e. The quantitative estimate of drug-likeness (QED) is 0.271. The molecule has 0 saturated carbocycles. The molecule has 31 heavy (non-hydrogen) atoms. The lowest BCUT2D eigenvalue weighted by Gasteiger charge is -2.18. The predicted octanol–water partition coefficient (Wildman–Crippen LogP) is 7.24. The molecule has 0 aliphatic carbocycles. The van der Waals surface area contributed by atoms with Crippen LogP contribution in [0.2, 0.25) is 0 Å². The first-order chi connectivity index (χ1) is 15.0. The zero-order valence-electron chi connectivity index (χ0n) is 19.6. The van der Waals surface area contributed by atoms with E-state index in [9.17, 15) is 9.90 Å². The molecule has 0 saturated heterocycles. The predicted molar refractivity (Wildman–Crippen MR) is 127 cm³/mol. The molecule has 0 heterocycles. The van der Waals surface area contributed by atoms with Gasteiger partial charge in [-0.05, 0) is 43.0 Å². The number of hydrogen-bond acceptors (Lipinski definition) is 4. The van der Waals surface area contributed by atoms with Crippen LogP contribution in [0.25, 0.3) is 11.1 Å². The lowest BCUT2D eigenvalue weighted by Crippen LogP contribution is -2.08. The number of unbranched alkanes of at least 4 members (excludes halogenated alkanes) is 8. The van der Waals surface area contributed by atoms with Gasteiger partial charge in [0.15, 0.2) is 0 Å². The summed E-state index contributed by atoms with van der Waals surface area (Å²) in [5.41, 5.74) is 3.42. The molecule has 0 unspecified atom stereocenters. The van der Waals surface area contributed by atoms with Crippen molar-refractivity contribution >= 4 is 5.97 Å². The Morgan fingerprint density at radius 3 is 2.13 bits per heavy atom. The first-order valence-electron chi connectivity index (χ1n) is 11.6. The molecule has 0 fully saturated rings. The van der Waals surface area contributed by atoms with Gasteiger partial charge in [0.25, 0.3) is 0 Å². The number of benzene rings is 2. The summed E-state index contributed by atoms with van der Waals surface area (Å²) >= 11 is 0. The van der Waals surface area contributed by atoms with Crippen molar-refractivity contribution < 1.29 is 19.4 Å². The van der Waals surface area contributed by atoms with Gasteiger partial charge in [0.05, 0.1) is 14.2 Å². The lowest BCUT2D eigenvalue weighted by molar-refractivity contribution is 0.0598. The number of ether oxygens (including phenoxy) is 2. The van der Waals surface area contributed by atoms with E-state index in [-0.39, 0.29) is 11.3 Å². The van der Waals surface area contributed by atoms with Gasteiger partial charge in [-0.15, -0.1) is 0 Å². The minimum atomic E-state index is -0.535. The first kappa shape index (κ1) is 24.8. The Kier molecular flexibility index (Phi) is 10.4. The highest BCUT2D eigenvalue weighted by molar-refractivity contribution is 6.01. The van der Waals surface area contributed by atoms with E-state index in [1.165, 1.54) is 52.1 Å². The van der Waals surface area contributed by atoms with E-state index in [0.29, 0.717) is 11.3 Å². The maximum atomic E-state index is 12.6. The Hall–Kier alpha value is -2.49. The second-order valence-corrected chi connectivity index (χ2v) is 8.21. The Labute approximate surface area is 187 Å². The van der Waals surface area contributed by atoms with Crippen LogP contribution in [-0.2, 0) is 11.2 Å². The number of carbonyl (C=O) groups excluding carboxylic acids is 1. The van der Waals surface area contributed by atoms with Crippen LogP contribution in [-0.4, -0.2) is 25.3 Å². The summed E-state index contributed by atoms with van der Waals surface area (Å²) in [6, 6.07) is 9.47. The first-order valence-corrected chi connectivity index (χ1v) is 11.6. The van der Waals surface area contributed by atoms with Crippen LogP contribution in [0, 0.1) is 6.92 Å². The van der Waals surface area contributed by atoms with E-state index in [1.807, 2.05) is 37.3 Å². The van der Waals surface area contributed by atoms with Crippen LogP contribution in [0.1, 0.15) is 86.2 Å². The van der Waals surface area contributed by atoms with Gasteiger partial charge in [0, 0.05) is 11.1 Å². The number of para-hydroxylation sites is 1. The minimum absolute atomic E-state index is 0.0346. The summed E-state index contributed by atoms with van der Waals surface area (Å²) < 4.78 is 10.5. The lowest BCUT2D eigenvalue weighted by atomic mass is 9.90. The number of aryl methyl sites for hydroxylation is 1. The molecule has 0 amide bonds. The molecule has 0 aliphatic heterocycles. The fourth-order valence-electron chi connectivity index (χ4n) is 4.16. The topological polar surface area (TPSA) is 55.8 Å². The highest BCUT2D eigenvalue weighted by atomic mass is 16.5. The molecule has 0 aromatic heterocycles. The molecule has 2 aromatic rings. The van der Waals surface area contributed by atoms with Crippen LogP contribution in [0.5, 0.6) is 11.5 Å². The monoisotopic (exact) mass is 426 g/mol. The molecule has 0 bridgehead atoms. The second kappa shape index (κ2) is 13.0. The fourth-order valence-corrected chi connectivity index (χ4v) is 4.16. The number of aromatic hydroxyl groups is 1. The van der Waals surface area contributed by atoms with Gasteiger partial charge in [0.1, 0.15) is 17.1 Å². The van der Waals surface area contributed by atoms with E-state index < -0.39 is 5.97 Å². The van der Waals surface area contributed by atoms with Crippen molar-refractivity contribution in [3.8, 4) is 22.6 Å². The number of rotatable bonds is 13. The summed E-state index contributed by atoms with van der Waals surface area (Å²) in [7, 11) is 2.94. The third-order valence-corrected chi connectivity index (χ3v) is 5.95. The van der Waals surface area contributed by atoms with Gasteiger partial charge in [-0.2, -0.15) is 0 Å². The average Bonchev–Trinajstić information content (AvgIpc) is 2.78. The highest BCUT2D eigenvalue weighted by Crippen LogP contribution is 2.40. The zero-order chi connectivity index (χ0) is 22.6. The van der Waals surface area contributed by atoms with Crippen molar-refractivity contribution in [2.45, 2.75) is 78.1 Å². The highest BCUT2D eigenvalue weighted by Gasteiger charge is 2.24. The molecular formula is C27H38O4. The summed E-state index contributed by atoms with van der Waals surface area (Å²) in [6.45, 7) is 4.23. The number of carbonyl (C=O) groups is 1. The normalized spacial score (nSPS) is 10.8. The molecule has 0 atom stereocenters. The SMILES string of the molecule is CCCCCCCCCCCc1c(C)cc(-c2ccccc2OC)c(C(=O)OC)c1O. The molecule has 2 aromatic carbocycles. The molecular weight excluding hydrogens is 388 g/mol. The second-order valence-electron chi connectivity index (χ2n) is 8.21. The van der Waals surface area contributed by atoms with Crippen molar-refractivity contribution in [1.82, 2.24) is 0 Å². The van der Waals surface area contributed by atoms with E-state index in [2.05, 4.69) is 6.92 Å². The molecule has 1 N–H and O–H groups in total. The fraction of sp³-hybridized carbons (Fsp3) is 0.519. The van der Waals surface area contributed by atoms with Crippen molar-refractivity contribution in [3.63, 3.8) is 0 Å². The number of phenolic OH excluding ortho intramolecular Hbond substituents is 1. The van der Waals surface area contributed by atoms with Gasteiger partial charge in [-0.25, -0.2) is 4.79 Å². The third-order valence-electron chi connectivity index (χ3n) is 5.95. The Balaban J connectivity index is 2.15. The number of esters is 1. The van der Waals surface area contributed by atoms with E-state index in [0.717, 1.165) is 36.0 Å². The third kappa shape index (κ3) is 6.75. The van der Waals surface area contributed by atoms with E-state index >= 15 is 0 Å². The molecule has 4 heteroatoms. The molecule has 170 valence electrons. The summed E-state index contributed by atoms with van der Waals surface area (Å²) in [5, 5.41) is 11.1. The zero-order valence-corrected chi connectivity index (χ0v) is 19.6. The van der Waals surface area contributed by atoms with Gasteiger partial charge in [0.2, 0.25) is 0 Å². The van der Waals surface area contributed by atoms with E-state index in [4.69, 9.17) is 9.47 Å². The summed E-state index contributed by atoms with van der Waals surface area (Å²) in [6.07, 6.45) is 12.0. The van der Waals surface area contributed by atoms with Crippen molar-refractivity contribution in [2.24, 2.45) is 0 Å². The number of phenols is 1. The van der Waals surface area contributed by atoms with Gasteiger partial charge in [-0.1, -0.05) is 76.5 Å².